The van der Waals surface area contributed by atoms with Gasteiger partial charge in [0.25, 0.3) is 5.91 Å². The lowest BCUT2D eigenvalue weighted by molar-refractivity contribution is -0.126. The van der Waals surface area contributed by atoms with Gasteiger partial charge in [-0.2, -0.15) is 0 Å². The first kappa shape index (κ1) is 21.1. The molecule has 7 heteroatoms. The Labute approximate surface area is 182 Å². The van der Waals surface area contributed by atoms with Crippen LogP contribution >= 0.6 is 11.8 Å². The zero-order valence-electron chi connectivity index (χ0n) is 18.1. The quantitative estimate of drug-likeness (QED) is 0.690. The highest BCUT2D eigenvalue weighted by Crippen LogP contribution is 2.58. The fraction of sp³-hybridized carbons (Fsp3) is 0.565. The van der Waals surface area contributed by atoms with Crippen molar-refractivity contribution in [2.75, 3.05) is 20.8 Å². The molecule has 30 heavy (non-hydrogen) atoms. The smallest absolute Gasteiger partial charge is 0.260 e. The summed E-state index contributed by atoms with van der Waals surface area (Å²) < 4.78 is 10.5. The van der Waals surface area contributed by atoms with E-state index in [1.807, 2.05) is 26.0 Å². The van der Waals surface area contributed by atoms with Crippen molar-refractivity contribution >= 4 is 23.6 Å². The zero-order chi connectivity index (χ0) is 21.5. The van der Waals surface area contributed by atoms with E-state index in [-0.39, 0.29) is 21.9 Å². The van der Waals surface area contributed by atoms with E-state index in [9.17, 15) is 9.59 Å². The van der Waals surface area contributed by atoms with E-state index in [0.717, 1.165) is 24.8 Å². The minimum absolute atomic E-state index is 0.0847. The molecule has 6 nitrogen and oxygen atoms in total. The van der Waals surface area contributed by atoms with Crippen molar-refractivity contribution in [3.05, 3.63) is 34.9 Å². The van der Waals surface area contributed by atoms with Gasteiger partial charge in [0, 0.05) is 16.9 Å². The van der Waals surface area contributed by atoms with Crippen LogP contribution in [0, 0.1) is 0 Å². The van der Waals surface area contributed by atoms with Crippen molar-refractivity contribution in [1.82, 2.24) is 10.2 Å². The third-order valence-corrected chi connectivity index (χ3v) is 7.81. The van der Waals surface area contributed by atoms with Crippen LogP contribution in [0.25, 0.3) is 0 Å². The van der Waals surface area contributed by atoms with Crippen LogP contribution in [0.2, 0.25) is 0 Å². The number of ether oxygens (including phenoxy) is 2. The van der Waals surface area contributed by atoms with Crippen molar-refractivity contribution in [1.29, 1.82) is 0 Å². The Kier molecular flexibility index (Phi) is 5.75. The van der Waals surface area contributed by atoms with Crippen LogP contribution in [0.3, 0.4) is 0 Å². The number of thioether (sulfide) groups is 1. The Morgan fingerprint density at radius 3 is 2.73 bits per heavy atom. The molecular weight excluding hydrogens is 400 g/mol. The van der Waals surface area contributed by atoms with E-state index < -0.39 is 6.04 Å². The highest BCUT2D eigenvalue weighted by molar-refractivity contribution is 8.01. The van der Waals surface area contributed by atoms with Gasteiger partial charge in [-0.15, -0.1) is 11.8 Å². The molecule has 1 aromatic rings. The van der Waals surface area contributed by atoms with Gasteiger partial charge in [-0.05, 0) is 52.0 Å². The van der Waals surface area contributed by atoms with Gasteiger partial charge in [0.05, 0.1) is 19.8 Å². The molecule has 2 heterocycles. The first-order valence-electron chi connectivity index (χ1n) is 10.6. The summed E-state index contributed by atoms with van der Waals surface area (Å²) in [6.45, 7) is 4.69. The van der Waals surface area contributed by atoms with E-state index in [1.165, 1.54) is 25.5 Å². The van der Waals surface area contributed by atoms with Crippen molar-refractivity contribution in [2.24, 2.45) is 0 Å². The Morgan fingerprint density at radius 1 is 1.27 bits per heavy atom. The van der Waals surface area contributed by atoms with Gasteiger partial charge >= 0.3 is 0 Å². The number of methoxy groups -OCH3 is 2. The molecule has 1 fully saturated rings. The average Bonchev–Trinajstić information content (AvgIpc) is 3.17. The van der Waals surface area contributed by atoms with Crippen LogP contribution in [0.15, 0.2) is 23.8 Å². The normalized spacial score (nSPS) is 24.2. The first-order chi connectivity index (χ1) is 14.4. The van der Waals surface area contributed by atoms with Gasteiger partial charge in [-0.1, -0.05) is 17.7 Å². The van der Waals surface area contributed by atoms with Gasteiger partial charge in [0.2, 0.25) is 5.91 Å². The summed E-state index contributed by atoms with van der Waals surface area (Å²) >= 11 is 1.65. The standard InChI is InChI=1S/C23H30N2O4S/c1-23(2)19(20(26)24-13-12-14-8-6-5-7-9-14)25-21(27)17-15(22(25)30-23)10-11-16(28-3)18(17)29-4/h8,10-11,19,22H,5-7,9,12-13H2,1-4H3,(H,24,26)/t19-,22?/m1/s1. The number of fused-ring (bicyclic) bond motifs is 3. The van der Waals surface area contributed by atoms with Crippen LogP contribution < -0.4 is 14.8 Å². The van der Waals surface area contributed by atoms with Gasteiger partial charge in [-0.25, -0.2) is 0 Å². The number of rotatable bonds is 6. The van der Waals surface area contributed by atoms with Crippen LogP contribution in [0.1, 0.15) is 67.2 Å². The van der Waals surface area contributed by atoms with Gasteiger partial charge in [0.15, 0.2) is 11.5 Å². The topological polar surface area (TPSA) is 67.9 Å². The van der Waals surface area contributed by atoms with Crippen molar-refractivity contribution < 1.29 is 19.1 Å². The second kappa shape index (κ2) is 8.17. The molecule has 1 saturated heterocycles. The number of benzene rings is 1. The molecule has 0 spiro atoms. The summed E-state index contributed by atoms with van der Waals surface area (Å²) in [6, 6.07) is 3.20. The molecule has 1 N–H and O–H groups in total. The maximum Gasteiger partial charge on any atom is 0.260 e. The number of carbonyl (C=O) groups excluding carboxylic acids is 2. The van der Waals surface area contributed by atoms with Crippen LogP contribution in [-0.2, 0) is 4.79 Å². The SMILES string of the molecule is COc1ccc2c(c1OC)C(=O)N1C2SC(C)(C)[C@H]1C(=O)NCCC1=CCCCC1. The maximum absolute atomic E-state index is 13.4. The van der Waals surface area contributed by atoms with Crippen LogP contribution in [-0.4, -0.2) is 48.3 Å². The number of nitrogens with zero attached hydrogens (tertiary/aromatic N) is 1. The summed E-state index contributed by atoms with van der Waals surface area (Å²) in [5, 5.41) is 2.90. The summed E-state index contributed by atoms with van der Waals surface area (Å²) in [5.41, 5.74) is 2.83. The predicted octanol–water partition coefficient (Wildman–Crippen LogP) is 4.06. The van der Waals surface area contributed by atoms with Crippen LogP contribution in [0.4, 0.5) is 0 Å². The number of hydrogen-bond acceptors (Lipinski definition) is 5. The Bertz CT molecular complexity index is 895. The molecule has 2 aliphatic heterocycles. The molecule has 0 radical (unpaired) electrons. The van der Waals surface area contributed by atoms with Crippen LogP contribution in [0.5, 0.6) is 11.5 Å². The molecule has 4 rings (SSSR count). The van der Waals surface area contributed by atoms with Gasteiger partial charge in [0.1, 0.15) is 11.4 Å². The third kappa shape index (κ3) is 3.47. The number of amides is 2. The Balaban J connectivity index is 1.55. The van der Waals surface area contributed by atoms with Gasteiger partial charge < -0.3 is 19.7 Å². The minimum atomic E-state index is -0.538. The van der Waals surface area contributed by atoms with E-state index in [0.29, 0.717) is 23.6 Å². The molecule has 1 aliphatic carbocycles. The third-order valence-electron chi connectivity index (χ3n) is 6.28. The molecule has 2 amide bonds. The Hall–Kier alpha value is -2.15. The molecule has 3 aliphatic rings. The lowest BCUT2D eigenvalue weighted by Crippen LogP contribution is -2.52. The maximum atomic E-state index is 13.4. The highest BCUT2D eigenvalue weighted by Gasteiger charge is 2.58. The fourth-order valence-corrected chi connectivity index (χ4v) is 6.41. The number of nitrogens with one attached hydrogen (secondary N) is 1. The van der Waals surface area contributed by atoms with Crippen molar-refractivity contribution in [3.63, 3.8) is 0 Å². The molecule has 1 unspecified atom stereocenters. The fourth-order valence-electron chi connectivity index (χ4n) is 4.83. The number of allylic oxidation sites excluding steroid dienone is 1. The van der Waals surface area contributed by atoms with E-state index in [2.05, 4.69) is 11.4 Å². The number of carbonyl (C=O) groups is 2. The monoisotopic (exact) mass is 430 g/mol. The van der Waals surface area contributed by atoms with Gasteiger partial charge in [-0.3, -0.25) is 9.59 Å². The minimum Gasteiger partial charge on any atom is -0.493 e. The Morgan fingerprint density at radius 2 is 2.07 bits per heavy atom. The molecular formula is C23H30N2O4S. The summed E-state index contributed by atoms with van der Waals surface area (Å²) in [6.07, 6.45) is 7.96. The summed E-state index contributed by atoms with van der Waals surface area (Å²) in [7, 11) is 3.09. The lowest BCUT2D eigenvalue weighted by atomic mass is 9.97. The largest absolute Gasteiger partial charge is 0.493 e. The summed E-state index contributed by atoms with van der Waals surface area (Å²) in [4.78, 5) is 28.4. The second-order valence-corrected chi connectivity index (χ2v) is 10.3. The average molecular weight is 431 g/mol. The predicted molar refractivity (Wildman–Crippen MR) is 118 cm³/mol. The molecule has 162 valence electrons. The first-order valence-corrected chi connectivity index (χ1v) is 11.5. The van der Waals surface area contributed by atoms with Crippen molar-refractivity contribution in [2.45, 2.75) is 62.1 Å². The van der Waals surface area contributed by atoms with E-state index >= 15 is 0 Å². The van der Waals surface area contributed by atoms with E-state index in [1.54, 1.807) is 23.8 Å². The van der Waals surface area contributed by atoms with E-state index in [4.69, 9.17) is 9.47 Å². The molecule has 0 saturated carbocycles. The molecule has 1 aromatic carbocycles. The zero-order valence-corrected chi connectivity index (χ0v) is 18.9. The summed E-state index contributed by atoms with van der Waals surface area (Å²) in [5.74, 6) is 0.713. The molecule has 0 bridgehead atoms. The lowest BCUT2D eigenvalue weighted by Gasteiger charge is -2.29. The highest BCUT2D eigenvalue weighted by atomic mass is 32.2. The molecule has 0 aromatic heterocycles. The molecule has 2 atom stereocenters. The van der Waals surface area contributed by atoms with Crippen molar-refractivity contribution in [3.8, 4) is 11.5 Å². The number of hydrogen-bond donors (Lipinski definition) is 1. The second-order valence-electron chi connectivity index (χ2n) is 8.60.